The van der Waals surface area contributed by atoms with E-state index in [2.05, 4.69) is 10.3 Å². The van der Waals surface area contributed by atoms with Crippen LogP contribution in [0.25, 0.3) is 11.0 Å². The second-order valence-corrected chi connectivity index (χ2v) is 10.2. The van der Waals surface area contributed by atoms with Crippen molar-refractivity contribution in [1.82, 2.24) is 19.2 Å². The van der Waals surface area contributed by atoms with E-state index in [-0.39, 0.29) is 29.6 Å². The van der Waals surface area contributed by atoms with Crippen molar-refractivity contribution < 1.29 is 26.7 Å². The van der Waals surface area contributed by atoms with Gasteiger partial charge in [-0.25, -0.2) is 26.5 Å². The van der Waals surface area contributed by atoms with E-state index in [1.165, 1.54) is 26.2 Å². The Balaban J connectivity index is 1.63. The van der Waals surface area contributed by atoms with E-state index in [1.807, 2.05) is 11.5 Å². The van der Waals surface area contributed by atoms with Crippen LogP contribution in [0.2, 0.25) is 0 Å². The molecule has 0 radical (unpaired) electrons. The molecule has 0 saturated carbocycles. The van der Waals surface area contributed by atoms with E-state index >= 15 is 0 Å². The zero-order valence-electron chi connectivity index (χ0n) is 19.5. The fourth-order valence-corrected chi connectivity index (χ4v) is 4.42. The molecule has 0 bridgehead atoms. The number of aryl methyl sites for hydroxylation is 2. The Morgan fingerprint density at radius 1 is 1.21 bits per heavy atom. The molecule has 1 N–H and O–H groups in total. The van der Waals surface area contributed by atoms with Gasteiger partial charge >= 0.3 is 0 Å². The molecule has 184 valence electrons. The first-order chi connectivity index (χ1) is 16.0. The maximum Gasteiger partial charge on any atom is 0.242 e. The monoisotopic (exact) mass is 494 g/mol. The average Bonchev–Trinajstić information content (AvgIpc) is 3.13. The molecule has 1 unspecified atom stereocenters. The van der Waals surface area contributed by atoms with Crippen molar-refractivity contribution in [3.63, 3.8) is 0 Å². The van der Waals surface area contributed by atoms with Crippen LogP contribution in [0.5, 0.6) is 5.75 Å². The molecule has 2 aromatic carbocycles. The zero-order chi connectivity index (χ0) is 25.0. The fourth-order valence-electron chi connectivity index (χ4n) is 3.50. The Labute approximate surface area is 197 Å². The number of hydrogen-bond donors (Lipinski definition) is 1. The molecule has 0 aliphatic rings. The summed E-state index contributed by atoms with van der Waals surface area (Å²) in [7, 11) is -0.645. The van der Waals surface area contributed by atoms with Gasteiger partial charge in [-0.05, 0) is 44.2 Å². The first-order valence-corrected chi connectivity index (χ1v) is 12.3. The first-order valence-electron chi connectivity index (χ1n) is 10.8. The molecule has 0 spiro atoms. The van der Waals surface area contributed by atoms with Crippen LogP contribution in [-0.4, -0.2) is 54.9 Å². The summed E-state index contributed by atoms with van der Waals surface area (Å²) in [5.41, 5.74) is 1.34. The molecule has 11 heteroatoms. The molecule has 0 fully saturated rings. The maximum absolute atomic E-state index is 13.7. The molecule has 1 heterocycles. The summed E-state index contributed by atoms with van der Waals surface area (Å²) in [6.45, 7) is 4.29. The van der Waals surface area contributed by atoms with E-state index in [9.17, 15) is 22.0 Å². The van der Waals surface area contributed by atoms with Crippen molar-refractivity contribution in [2.75, 3.05) is 20.7 Å². The first kappa shape index (κ1) is 25.6. The Morgan fingerprint density at radius 2 is 1.94 bits per heavy atom. The number of aromatic nitrogens is 2. The highest BCUT2D eigenvalue weighted by molar-refractivity contribution is 7.89. The summed E-state index contributed by atoms with van der Waals surface area (Å²) >= 11 is 0. The minimum Gasteiger partial charge on any atom is -0.488 e. The summed E-state index contributed by atoms with van der Waals surface area (Å²) in [5, 5.41) is 2.78. The average molecular weight is 495 g/mol. The third-order valence-corrected chi connectivity index (χ3v) is 7.07. The van der Waals surface area contributed by atoms with Crippen LogP contribution in [0.15, 0.2) is 41.3 Å². The molecule has 1 amide bonds. The summed E-state index contributed by atoms with van der Waals surface area (Å²) < 4.78 is 59.9. The van der Waals surface area contributed by atoms with Gasteiger partial charge in [-0.2, -0.15) is 0 Å². The SMILES string of the molecule is CCn1c(CCC(=O)NC(C)COc2ccc(F)cc2F)nc2cc(S(=O)(=O)N(C)C)ccc21. The highest BCUT2D eigenvalue weighted by Gasteiger charge is 2.20. The van der Waals surface area contributed by atoms with E-state index in [1.54, 1.807) is 19.1 Å². The maximum atomic E-state index is 13.7. The predicted molar refractivity (Wildman–Crippen MR) is 124 cm³/mol. The number of sulfonamides is 1. The number of imidazole rings is 1. The third kappa shape index (κ3) is 5.71. The smallest absolute Gasteiger partial charge is 0.242 e. The van der Waals surface area contributed by atoms with Crippen LogP contribution in [0, 0.1) is 11.6 Å². The number of nitrogens with one attached hydrogen (secondary N) is 1. The van der Waals surface area contributed by atoms with Gasteiger partial charge in [0.1, 0.15) is 18.2 Å². The van der Waals surface area contributed by atoms with Crippen LogP contribution in [0.3, 0.4) is 0 Å². The van der Waals surface area contributed by atoms with Gasteiger partial charge in [-0.3, -0.25) is 4.79 Å². The van der Waals surface area contributed by atoms with Crippen LogP contribution >= 0.6 is 0 Å². The third-order valence-electron chi connectivity index (χ3n) is 5.26. The number of nitrogens with zero attached hydrogens (tertiary/aromatic N) is 3. The topological polar surface area (TPSA) is 93.5 Å². The minimum absolute atomic E-state index is 0.0187. The highest BCUT2D eigenvalue weighted by atomic mass is 32.2. The Kier molecular flexibility index (Phi) is 7.88. The van der Waals surface area contributed by atoms with Gasteiger partial charge in [0.25, 0.3) is 0 Å². The van der Waals surface area contributed by atoms with E-state index in [0.29, 0.717) is 24.3 Å². The van der Waals surface area contributed by atoms with Gasteiger partial charge in [0, 0.05) is 39.5 Å². The number of rotatable bonds is 10. The minimum atomic E-state index is -3.58. The molecule has 1 aromatic heterocycles. The molecule has 34 heavy (non-hydrogen) atoms. The largest absolute Gasteiger partial charge is 0.488 e. The molecule has 1 atom stereocenters. The zero-order valence-corrected chi connectivity index (χ0v) is 20.3. The van der Waals surface area contributed by atoms with Gasteiger partial charge in [0.2, 0.25) is 15.9 Å². The van der Waals surface area contributed by atoms with Gasteiger partial charge in [-0.15, -0.1) is 0 Å². The second-order valence-electron chi connectivity index (χ2n) is 8.06. The van der Waals surface area contributed by atoms with Crippen LogP contribution in [0.1, 0.15) is 26.1 Å². The molecular weight excluding hydrogens is 466 g/mol. The van der Waals surface area contributed by atoms with E-state index < -0.39 is 27.7 Å². The van der Waals surface area contributed by atoms with Crippen LogP contribution in [-0.2, 0) is 27.8 Å². The number of ether oxygens (including phenoxy) is 1. The second kappa shape index (κ2) is 10.5. The lowest BCUT2D eigenvalue weighted by Crippen LogP contribution is -2.37. The molecule has 8 nitrogen and oxygen atoms in total. The molecule has 3 rings (SSSR count). The molecule has 0 aliphatic heterocycles. The van der Waals surface area contributed by atoms with Crippen molar-refractivity contribution in [2.24, 2.45) is 0 Å². The van der Waals surface area contributed by atoms with Gasteiger partial charge in [-0.1, -0.05) is 0 Å². The normalized spacial score (nSPS) is 12.8. The lowest BCUT2D eigenvalue weighted by atomic mass is 10.2. The lowest BCUT2D eigenvalue weighted by molar-refractivity contribution is -0.121. The number of halogens is 2. The van der Waals surface area contributed by atoms with Crippen molar-refractivity contribution in [2.45, 2.75) is 44.2 Å². The predicted octanol–water partition coefficient (Wildman–Crippen LogP) is 3.10. The fraction of sp³-hybridized carbons (Fsp3) is 0.391. The quantitative estimate of drug-likeness (QED) is 0.468. The number of carbonyl (C=O) groups is 1. The van der Waals surface area contributed by atoms with Gasteiger partial charge in [0.15, 0.2) is 11.6 Å². The Hall–Kier alpha value is -3.05. The number of carbonyl (C=O) groups excluding carboxylic acids is 1. The van der Waals surface area contributed by atoms with E-state index in [4.69, 9.17) is 4.74 Å². The molecule has 0 saturated heterocycles. The summed E-state index contributed by atoms with van der Waals surface area (Å²) in [5.74, 6) is -1.15. The number of hydrogen-bond acceptors (Lipinski definition) is 5. The van der Waals surface area contributed by atoms with Crippen LogP contribution in [0.4, 0.5) is 8.78 Å². The van der Waals surface area contributed by atoms with Gasteiger partial charge < -0.3 is 14.6 Å². The lowest BCUT2D eigenvalue weighted by Gasteiger charge is -2.15. The number of amides is 1. The standard InChI is InChI=1S/C23H28F2N4O4S/c1-5-29-20-8-7-17(34(31,32)28(3)4)13-19(20)27-22(29)10-11-23(30)26-15(2)14-33-21-9-6-16(24)12-18(21)25/h6-9,12-13,15H,5,10-11,14H2,1-4H3,(H,26,30). The number of benzene rings is 2. The molecule has 0 aliphatic carbocycles. The summed E-state index contributed by atoms with van der Waals surface area (Å²) in [6.07, 6.45) is 0.506. The van der Waals surface area contributed by atoms with Crippen molar-refractivity contribution in [1.29, 1.82) is 0 Å². The van der Waals surface area contributed by atoms with Crippen LogP contribution < -0.4 is 10.1 Å². The highest BCUT2D eigenvalue weighted by Crippen LogP contribution is 2.23. The molecular formula is C23H28F2N4O4S. The molecule has 3 aromatic rings. The van der Waals surface area contributed by atoms with E-state index in [0.717, 1.165) is 22.0 Å². The van der Waals surface area contributed by atoms with Crippen molar-refractivity contribution in [3.8, 4) is 5.75 Å². The number of fused-ring (bicyclic) bond motifs is 1. The van der Waals surface area contributed by atoms with Crippen molar-refractivity contribution >= 4 is 27.0 Å². The van der Waals surface area contributed by atoms with Crippen molar-refractivity contribution in [3.05, 3.63) is 53.9 Å². The Morgan fingerprint density at radius 3 is 2.59 bits per heavy atom. The van der Waals surface area contributed by atoms with Gasteiger partial charge in [0.05, 0.1) is 22.0 Å². The summed E-state index contributed by atoms with van der Waals surface area (Å²) in [4.78, 5) is 17.1. The summed E-state index contributed by atoms with van der Waals surface area (Å²) in [6, 6.07) is 7.43. The Bertz CT molecular complexity index is 1290.